The molecule has 1 aromatic rings. The molecule has 2 N–H and O–H groups in total. The predicted octanol–water partition coefficient (Wildman–Crippen LogP) is 3.16. The number of nitrogens with one attached hydrogen (secondary N) is 2. The average molecular weight is 384 g/mol. The van der Waals surface area contributed by atoms with E-state index in [-0.39, 0.29) is 11.9 Å². The van der Waals surface area contributed by atoms with Gasteiger partial charge in [0, 0.05) is 39.1 Å². The number of guanidine groups is 1. The fourth-order valence-corrected chi connectivity index (χ4v) is 3.21. The molecule has 150 valence electrons. The Morgan fingerprint density at radius 1 is 1.26 bits per heavy atom. The summed E-state index contributed by atoms with van der Waals surface area (Å²) in [6, 6.07) is 5.28. The van der Waals surface area contributed by atoms with E-state index < -0.39 is 11.7 Å². The number of hydrogen-bond acceptors (Lipinski definition) is 2. The van der Waals surface area contributed by atoms with E-state index in [4.69, 9.17) is 0 Å². The van der Waals surface area contributed by atoms with Gasteiger partial charge in [0.2, 0.25) is 5.91 Å². The summed E-state index contributed by atoms with van der Waals surface area (Å²) in [4.78, 5) is 18.0. The normalized spacial score (nSPS) is 16.6. The lowest BCUT2D eigenvalue weighted by molar-refractivity contribution is -0.137. The Morgan fingerprint density at radius 2 is 1.96 bits per heavy atom. The summed E-state index contributed by atoms with van der Waals surface area (Å²) >= 11 is 0. The van der Waals surface area contributed by atoms with Crippen LogP contribution in [0.3, 0.4) is 0 Å². The van der Waals surface area contributed by atoms with Crippen LogP contribution < -0.4 is 10.6 Å². The number of benzene rings is 1. The van der Waals surface area contributed by atoms with Gasteiger partial charge in [-0.2, -0.15) is 13.2 Å². The van der Waals surface area contributed by atoms with Gasteiger partial charge in [-0.1, -0.05) is 19.1 Å². The van der Waals surface area contributed by atoms with Gasteiger partial charge < -0.3 is 15.5 Å². The Balaban J connectivity index is 1.78. The molecule has 8 heteroatoms. The zero-order chi connectivity index (χ0) is 19.9. The van der Waals surface area contributed by atoms with E-state index in [1.54, 1.807) is 7.05 Å². The molecule has 1 amide bonds. The number of amides is 1. The summed E-state index contributed by atoms with van der Waals surface area (Å²) in [6.45, 7) is 3.95. The van der Waals surface area contributed by atoms with Crippen LogP contribution in [0.4, 0.5) is 13.2 Å². The van der Waals surface area contributed by atoms with Gasteiger partial charge >= 0.3 is 6.18 Å². The molecule has 1 aliphatic heterocycles. The first-order chi connectivity index (χ1) is 12.8. The minimum absolute atomic E-state index is 0.223. The van der Waals surface area contributed by atoms with Gasteiger partial charge in [-0.15, -0.1) is 0 Å². The second kappa shape index (κ2) is 9.62. The van der Waals surface area contributed by atoms with Crippen LogP contribution in [-0.4, -0.2) is 42.9 Å². The number of alkyl halides is 3. The minimum atomic E-state index is -4.32. The molecular formula is C19H27F3N4O. The van der Waals surface area contributed by atoms with Gasteiger partial charge in [-0.3, -0.25) is 9.79 Å². The number of carbonyl (C=O) groups excluding carboxylic acids is 1. The number of nitrogens with zero attached hydrogens (tertiary/aromatic N) is 2. The standard InChI is InChI=1S/C19H27F3N4O/c1-3-16(26-12-4-5-17(26)27)10-11-24-18(23-2)25-13-14-6-8-15(9-7-14)19(20,21)22/h6-9,16H,3-5,10-13H2,1-2H3,(H2,23,24,25). The van der Waals surface area contributed by atoms with E-state index in [1.165, 1.54) is 12.1 Å². The van der Waals surface area contributed by atoms with Gasteiger partial charge in [0.25, 0.3) is 0 Å². The predicted molar refractivity (Wildman–Crippen MR) is 99.3 cm³/mol. The summed E-state index contributed by atoms with van der Waals surface area (Å²) in [6.07, 6.45) is -1.02. The van der Waals surface area contributed by atoms with Crippen molar-refractivity contribution in [1.82, 2.24) is 15.5 Å². The van der Waals surface area contributed by atoms with Crippen molar-refractivity contribution < 1.29 is 18.0 Å². The number of halogens is 3. The second-order valence-electron chi connectivity index (χ2n) is 6.59. The maximum Gasteiger partial charge on any atom is 0.416 e. The highest BCUT2D eigenvalue weighted by Gasteiger charge is 2.30. The highest BCUT2D eigenvalue weighted by molar-refractivity contribution is 5.79. The number of rotatable bonds is 7. The quantitative estimate of drug-likeness (QED) is 0.561. The summed E-state index contributed by atoms with van der Waals surface area (Å²) in [5.74, 6) is 0.809. The van der Waals surface area contributed by atoms with Crippen molar-refractivity contribution in [2.24, 2.45) is 4.99 Å². The summed E-state index contributed by atoms with van der Waals surface area (Å²) in [7, 11) is 1.64. The smallest absolute Gasteiger partial charge is 0.356 e. The van der Waals surface area contributed by atoms with E-state index in [2.05, 4.69) is 22.5 Å². The Bertz CT molecular complexity index is 643. The second-order valence-corrected chi connectivity index (χ2v) is 6.59. The van der Waals surface area contributed by atoms with E-state index >= 15 is 0 Å². The number of likely N-dealkylation sites (tertiary alicyclic amines) is 1. The Kier molecular flexibility index (Phi) is 7.50. The van der Waals surface area contributed by atoms with E-state index in [1.807, 2.05) is 4.90 Å². The molecule has 1 aromatic carbocycles. The van der Waals surface area contributed by atoms with E-state index in [0.717, 1.165) is 43.5 Å². The van der Waals surface area contributed by atoms with Gasteiger partial charge in [0.1, 0.15) is 0 Å². The fraction of sp³-hybridized carbons (Fsp3) is 0.579. The van der Waals surface area contributed by atoms with Crippen LogP contribution in [0.1, 0.15) is 43.7 Å². The Hall–Kier alpha value is -2.25. The molecule has 0 spiro atoms. The third-order valence-corrected chi connectivity index (χ3v) is 4.76. The topological polar surface area (TPSA) is 56.7 Å². The van der Waals surface area contributed by atoms with Crippen molar-refractivity contribution >= 4 is 11.9 Å². The molecule has 1 unspecified atom stereocenters. The molecule has 1 atom stereocenters. The molecule has 0 aliphatic carbocycles. The molecule has 0 bridgehead atoms. The fourth-order valence-electron chi connectivity index (χ4n) is 3.21. The first-order valence-electron chi connectivity index (χ1n) is 9.25. The first kappa shape index (κ1) is 21.1. The van der Waals surface area contributed by atoms with E-state index in [0.29, 0.717) is 25.5 Å². The van der Waals surface area contributed by atoms with Crippen molar-refractivity contribution in [2.45, 2.75) is 51.4 Å². The van der Waals surface area contributed by atoms with Crippen molar-refractivity contribution in [1.29, 1.82) is 0 Å². The van der Waals surface area contributed by atoms with Crippen LogP contribution in [0, 0.1) is 0 Å². The third-order valence-electron chi connectivity index (χ3n) is 4.76. The van der Waals surface area contributed by atoms with Crippen LogP contribution in [0.5, 0.6) is 0 Å². The lowest BCUT2D eigenvalue weighted by Crippen LogP contribution is -2.41. The maximum absolute atomic E-state index is 12.6. The molecule has 0 saturated carbocycles. The highest BCUT2D eigenvalue weighted by atomic mass is 19.4. The lowest BCUT2D eigenvalue weighted by atomic mass is 10.1. The summed E-state index contributed by atoms with van der Waals surface area (Å²) < 4.78 is 37.8. The van der Waals surface area contributed by atoms with E-state index in [9.17, 15) is 18.0 Å². The Morgan fingerprint density at radius 3 is 2.48 bits per heavy atom. The van der Waals surface area contributed by atoms with Crippen LogP contribution in [0.25, 0.3) is 0 Å². The van der Waals surface area contributed by atoms with Crippen LogP contribution in [0.15, 0.2) is 29.3 Å². The van der Waals surface area contributed by atoms with Crippen molar-refractivity contribution in [3.63, 3.8) is 0 Å². The molecule has 27 heavy (non-hydrogen) atoms. The molecule has 5 nitrogen and oxygen atoms in total. The maximum atomic E-state index is 12.6. The number of aliphatic imine (C=N–C) groups is 1. The average Bonchev–Trinajstić information content (AvgIpc) is 3.06. The van der Waals surface area contributed by atoms with Crippen molar-refractivity contribution in [3.05, 3.63) is 35.4 Å². The molecule has 1 fully saturated rings. The molecule has 2 rings (SSSR count). The summed E-state index contributed by atoms with van der Waals surface area (Å²) in [5.41, 5.74) is 0.0795. The van der Waals surface area contributed by atoms with Gasteiger partial charge in [-0.05, 0) is 37.0 Å². The zero-order valence-corrected chi connectivity index (χ0v) is 15.8. The molecule has 0 aromatic heterocycles. The Labute approximate surface area is 158 Å². The van der Waals surface area contributed by atoms with Crippen molar-refractivity contribution in [3.8, 4) is 0 Å². The molecule has 1 aliphatic rings. The summed E-state index contributed by atoms with van der Waals surface area (Å²) in [5, 5.41) is 6.29. The monoisotopic (exact) mass is 384 g/mol. The van der Waals surface area contributed by atoms with Crippen LogP contribution >= 0.6 is 0 Å². The molecular weight excluding hydrogens is 357 g/mol. The number of carbonyl (C=O) groups is 1. The van der Waals surface area contributed by atoms with Gasteiger partial charge in [-0.25, -0.2) is 0 Å². The minimum Gasteiger partial charge on any atom is -0.356 e. The first-order valence-corrected chi connectivity index (χ1v) is 9.25. The lowest BCUT2D eigenvalue weighted by Gasteiger charge is -2.27. The van der Waals surface area contributed by atoms with Crippen LogP contribution in [0.2, 0.25) is 0 Å². The van der Waals surface area contributed by atoms with Crippen molar-refractivity contribution in [2.75, 3.05) is 20.1 Å². The van der Waals surface area contributed by atoms with Gasteiger partial charge in [0.05, 0.1) is 5.56 Å². The highest BCUT2D eigenvalue weighted by Crippen LogP contribution is 2.29. The SMILES string of the molecule is CCC(CCNC(=NC)NCc1ccc(C(F)(F)F)cc1)N1CCCC1=O. The van der Waals surface area contributed by atoms with Crippen LogP contribution in [-0.2, 0) is 17.5 Å². The molecule has 0 radical (unpaired) electrons. The molecule has 1 heterocycles. The third kappa shape index (κ3) is 6.15. The number of hydrogen-bond donors (Lipinski definition) is 2. The largest absolute Gasteiger partial charge is 0.416 e. The zero-order valence-electron chi connectivity index (χ0n) is 15.8. The van der Waals surface area contributed by atoms with Gasteiger partial charge in [0.15, 0.2) is 5.96 Å². The molecule has 1 saturated heterocycles.